The lowest BCUT2D eigenvalue weighted by Gasteiger charge is -2.14. The van der Waals surface area contributed by atoms with Gasteiger partial charge in [-0.3, -0.25) is 0 Å². The van der Waals surface area contributed by atoms with Crippen molar-refractivity contribution in [3.05, 3.63) is 56.7 Å². The molecule has 2 nitrogen and oxygen atoms in total. The maximum atomic E-state index is 13.3. The number of nitrogens with two attached hydrogens (primary N) is 1. The highest BCUT2D eigenvalue weighted by molar-refractivity contribution is 9.11. The number of hydrogen-bond acceptors (Lipinski definition) is 2. The Kier molecular flexibility index (Phi) is 4.54. The Balaban J connectivity index is 2.46. The Bertz CT molecular complexity index is 647. The van der Waals surface area contributed by atoms with E-state index >= 15 is 0 Å². The fourth-order valence-electron chi connectivity index (χ4n) is 1.62. The van der Waals surface area contributed by atoms with Gasteiger partial charge in [0, 0.05) is 20.2 Å². The molecule has 0 aromatic heterocycles. The van der Waals surface area contributed by atoms with Gasteiger partial charge in [-0.1, -0.05) is 18.3 Å². The molecule has 19 heavy (non-hydrogen) atoms. The van der Waals surface area contributed by atoms with Gasteiger partial charge in [0.2, 0.25) is 0 Å². The van der Waals surface area contributed by atoms with E-state index in [9.17, 15) is 4.39 Å². The molecule has 2 aromatic rings. The summed E-state index contributed by atoms with van der Waals surface area (Å²) < 4.78 is 14.8. The van der Waals surface area contributed by atoms with Gasteiger partial charge in [-0.2, -0.15) is 0 Å². The fraction of sp³-hybridized carbons (Fsp3) is 0. The predicted molar refractivity (Wildman–Crippen MR) is 87.4 cm³/mol. The van der Waals surface area contributed by atoms with E-state index in [1.54, 1.807) is 6.07 Å². The van der Waals surface area contributed by atoms with E-state index in [0.29, 0.717) is 16.9 Å². The Morgan fingerprint density at radius 3 is 2.53 bits per heavy atom. The standard InChI is InChI=1S/C13H9Br2FN2S/c14-8-5-4-7(16)6-11(8)18-10-3-1-2-9(15)12(10)13(17)19/h1-6,18H,(H2,17,19). The van der Waals surface area contributed by atoms with Gasteiger partial charge < -0.3 is 11.1 Å². The smallest absolute Gasteiger partial charge is 0.125 e. The monoisotopic (exact) mass is 402 g/mol. The molecule has 0 aliphatic heterocycles. The number of thiocarbonyl (C=S) groups is 1. The summed E-state index contributed by atoms with van der Waals surface area (Å²) in [5.41, 5.74) is 7.72. The first-order valence-corrected chi connectivity index (χ1v) is 7.29. The molecule has 2 rings (SSSR count). The number of anilines is 2. The first kappa shape index (κ1) is 14.4. The lowest BCUT2D eigenvalue weighted by atomic mass is 10.1. The van der Waals surface area contributed by atoms with Crippen LogP contribution in [0.2, 0.25) is 0 Å². The first-order valence-electron chi connectivity index (χ1n) is 5.29. The van der Waals surface area contributed by atoms with Gasteiger partial charge in [0.25, 0.3) is 0 Å². The van der Waals surface area contributed by atoms with Crippen LogP contribution in [0.25, 0.3) is 0 Å². The Morgan fingerprint density at radius 1 is 1.11 bits per heavy atom. The summed E-state index contributed by atoms with van der Waals surface area (Å²) in [5, 5.41) is 3.12. The van der Waals surface area contributed by atoms with Crippen LogP contribution in [0.15, 0.2) is 45.3 Å². The maximum absolute atomic E-state index is 13.3. The second-order valence-electron chi connectivity index (χ2n) is 3.78. The number of benzene rings is 2. The molecule has 0 saturated heterocycles. The van der Waals surface area contributed by atoms with Crippen LogP contribution in [0, 0.1) is 5.82 Å². The molecule has 0 atom stereocenters. The van der Waals surface area contributed by atoms with Crippen LogP contribution in [-0.2, 0) is 0 Å². The molecule has 0 heterocycles. The van der Waals surface area contributed by atoms with Crippen LogP contribution in [0.5, 0.6) is 0 Å². The van der Waals surface area contributed by atoms with Crippen LogP contribution in [0.3, 0.4) is 0 Å². The normalized spacial score (nSPS) is 10.3. The van der Waals surface area contributed by atoms with Gasteiger partial charge in [0.1, 0.15) is 10.8 Å². The summed E-state index contributed by atoms with van der Waals surface area (Å²) in [5.74, 6) is -0.322. The van der Waals surface area contributed by atoms with Crippen molar-refractivity contribution in [3.8, 4) is 0 Å². The van der Waals surface area contributed by atoms with Crippen molar-refractivity contribution in [1.29, 1.82) is 0 Å². The molecular weight excluding hydrogens is 395 g/mol. The minimum absolute atomic E-state index is 0.266. The molecule has 98 valence electrons. The zero-order valence-corrected chi connectivity index (χ0v) is 13.6. The molecule has 0 aliphatic carbocycles. The second kappa shape index (κ2) is 5.98. The van der Waals surface area contributed by atoms with Gasteiger partial charge >= 0.3 is 0 Å². The second-order valence-corrected chi connectivity index (χ2v) is 5.92. The summed E-state index contributed by atoms with van der Waals surface area (Å²) in [6.45, 7) is 0. The van der Waals surface area contributed by atoms with E-state index < -0.39 is 0 Å². The summed E-state index contributed by atoms with van der Waals surface area (Å²) >= 11 is 11.8. The minimum atomic E-state index is -0.322. The summed E-state index contributed by atoms with van der Waals surface area (Å²) in [6.07, 6.45) is 0. The highest BCUT2D eigenvalue weighted by Gasteiger charge is 2.11. The van der Waals surface area contributed by atoms with Crippen LogP contribution >= 0.6 is 44.1 Å². The first-order chi connectivity index (χ1) is 8.99. The molecule has 2 aromatic carbocycles. The topological polar surface area (TPSA) is 38.0 Å². The van der Waals surface area contributed by atoms with E-state index in [1.807, 2.05) is 18.2 Å². The van der Waals surface area contributed by atoms with Gasteiger partial charge in [-0.15, -0.1) is 0 Å². The van der Waals surface area contributed by atoms with Crippen molar-refractivity contribution in [2.45, 2.75) is 0 Å². The Morgan fingerprint density at radius 2 is 1.84 bits per heavy atom. The van der Waals surface area contributed by atoms with Gasteiger partial charge in [-0.05, 0) is 62.2 Å². The highest BCUT2D eigenvalue weighted by Crippen LogP contribution is 2.31. The van der Waals surface area contributed by atoms with Crippen LogP contribution in [0.4, 0.5) is 15.8 Å². The average molecular weight is 404 g/mol. The third kappa shape index (κ3) is 3.32. The molecule has 0 aliphatic rings. The molecule has 0 fully saturated rings. The van der Waals surface area contributed by atoms with Gasteiger partial charge in [0.05, 0.1) is 5.69 Å². The van der Waals surface area contributed by atoms with E-state index in [0.717, 1.165) is 8.95 Å². The summed E-state index contributed by atoms with van der Waals surface area (Å²) in [4.78, 5) is 0.266. The molecular formula is C13H9Br2FN2S. The predicted octanol–water partition coefficient (Wildman–Crippen LogP) is 4.73. The lowest BCUT2D eigenvalue weighted by molar-refractivity contribution is 0.628. The SMILES string of the molecule is NC(=S)c1c(Br)cccc1Nc1cc(F)ccc1Br. The van der Waals surface area contributed by atoms with E-state index in [-0.39, 0.29) is 10.8 Å². The number of hydrogen-bond donors (Lipinski definition) is 2. The van der Waals surface area contributed by atoms with E-state index in [2.05, 4.69) is 37.2 Å². The van der Waals surface area contributed by atoms with Crippen molar-refractivity contribution >= 4 is 60.4 Å². The van der Waals surface area contributed by atoms with Gasteiger partial charge in [-0.25, -0.2) is 4.39 Å². The van der Waals surface area contributed by atoms with Crippen molar-refractivity contribution in [1.82, 2.24) is 0 Å². The summed E-state index contributed by atoms with van der Waals surface area (Å²) in [6, 6.07) is 9.94. The van der Waals surface area contributed by atoms with Crippen molar-refractivity contribution < 1.29 is 4.39 Å². The zero-order valence-electron chi connectivity index (χ0n) is 9.58. The molecule has 0 amide bonds. The Hall–Kier alpha value is -0.980. The molecule has 6 heteroatoms. The van der Waals surface area contributed by atoms with Gasteiger partial charge in [0.15, 0.2) is 0 Å². The van der Waals surface area contributed by atoms with E-state index in [1.165, 1.54) is 12.1 Å². The number of nitrogens with one attached hydrogen (secondary N) is 1. The Labute approximate surface area is 132 Å². The molecule has 0 unspecified atom stereocenters. The fourth-order valence-corrected chi connectivity index (χ4v) is 2.89. The third-order valence-electron chi connectivity index (χ3n) is 2.46. The van der Waals surface area contributed by atoms with Crippen molar-refractivity contribution in [2.24, 2.45) is 5.73 Å². The molecule has 0 saturated carbocycles. The van der Waals surface area contributed by atoms with Crippen molar-refractivity contribution in [3.63, 3.8) is 0 Å². The quantitative estimate of drug-likeness (QED) is 0.727. The van der Waals surface area contributed by atoms with E-state index in [4.69, 9.17) is 18.0 Å². The molecule has 0 spiro atoms. The molecule has 3 N–H and O–H groups in total. The maximum Gasteiger partial charge on any atom is 0.125 e. The van der Waals surface area contributed by atoms with Crippen LogP contribution in [-0.4, -0.2) is 4.99 Å². The largest absolute Gasteiger partial charge is 0.389 e. The van der Waals surface area contributed by atoms with Crippen LogP contribution < -0.4 is 11.1 Å². The minimum Gasteiger partial charge on any atom is -0.389 e. The van der Waals surface area contributed by atoms with Crippen molar-refractivity contribution in [2.75, 3.05) is 5.32 Å². The average Bonchev–Trinajstić information content (AvgIpc) is 2.33. The molecule has 0 radical (unpaired) electrons. The zero-order chi connectivity index (χ0) is 14.0. The number of rotatable bonds is 3. The highest BCUT2D eigenvalue weighted by atomic mass is 79.9. The number of halogens is 3. The third-order valence-corrected chi connectivity index (χ3v) is 4.01. The molecule has 0 bridgehead atoms. The summed E-state index contributed by atoms with van der Waals surface area (Å²) in [7, 11) is 0. The lowest BCUT2D eigenvalue weighted by Crippen LogP contribution is -2.13. The van der Waals surface area contributed by atoms with Crippen LogP contribution in [0.1, 0.15) is 5.56 Å².